The van der Waals surface area contributed by atoms with Gasteiger partial charge in [0.05, 0.1) is 0 Å². The average Bonchev–Trinajstić information content (AvgIpc) is 2.80. The van der Waals surface area contributed by atoms with E-state index in [0.717, 1.165) is 12.1 Å². The van der Waals surface area contributed by atoms with Gasteiger partial charge in [-0.25, -0.2) is 0 Å². The fraction of sp³-hybridized carbons (Fsp3) is 0.500. The van der Waals surface area contributed by atoms with Gasteiger partial charge in [-0.05, 0) is 42.5 Å². The molecule has 0 aliphatic heterocycles. The van der Waals surface area contributed by atoms with Gasteiger partial charge < -0.3 is 10.1 Å². The Bertz CT molecular complexity index is 800. The quantitative estimate of drug-likeness (QED) is 0.654. The average molecular weight is 369 g/mol. The maximum absolute atomic E-state index is 12.9. The van der Waals surface area contributed by atoms with Crippen molar-refractivity contribution in [1.29, 1.82) is 0 Å². The van der Waals surface area contributed by atoms with Crippen LogP contribution in [0.15, 0.2) is 24.3 Å². The Morgan fingerprint density at radius 2 is 1.62 bits per heavy atom. The molecule has 8 heteroatoms. The van der Waals surface area contributed by atoms with Crippen LogP contribution in [0.3, 0.4) is 0 Å². The summed E-state index contributed by atoms with van der Waals surface area (Å²) in [6, 6.07) is 4.62. The fourth-order valence-corrected chi connectivity index (χ4v) is 4.25. The Kier molecular flexibility index (Phi) is 3.76. The molecule has 2 saturated carbocycles. The van der Waals surface area contributed by atoms with Crippen LogP contribution in [0.4, 0.5) is 18.9 Å². The van der Waals surface area contributed by atoms with Crippen LogP contribution in [-0.2, 0) is 14.4 Å². The van der Waals surface area contributed by atoms with Crippen LogP contribution < -0.4 is 10.1 Å². The first-order chi connectivity index (χ1) is 11.8. The summed E-state index contributed by atoms with van der Waals surface area (Å²) in [6.07, 6.45) is -4.10. The summed E-state index contributed by atoms with van der Waals surface area (Å²) < 4.78 is 40.4. The number of ether oxygens (including phenoxy) is 1. The second kappa shape index (κ2) is 5.31. The maximum atomic E-state index is 12.9. The highest BCUT2D eigenvalue weighted by Gasteiger charge is 2.77. The summed E-state index contributed by atoms with van der Waals surface area (Å²) in [5.74, 6) is -2.25. The number of hydrogen-bond acceptors (Lipinski definition) is 4. The van der Waals surface area contributed by atoms with E-state index in [-0.39, 0.29) is 12.1 Å². The minimum atomic E-state index is -4.81. The molecule has 1 aromatic carbocycles. The van der Waals surface area contributed by atoms with Gasteiger partial charge in [-0.3, -0.25) is 14.4 Å². The predicted molar refractivity (Wildman–Crippen MR) is 85.3 cm³/mol. The molecule has 0 saturated heterocycles. The van der Waals surface area contributed by atoms with E-state index in [1.54, 1.807) is 20.8 Å². The number of hydrogen-bond donors (Lipinski definition) is 1. The number of anilines is 1. The number of halogens is 3. The standard InChI is InChI=1S/C18H18F3NO4/c1-15(2)16(3)8-9-17(15,13(24)12(16)23)14(25)22-10-4-6-11(7-5-10)26-18(19,20)21/h4-7H,8-9H2,1-3H3,(H,22,25). The number of fused-ring (bicyclic) bond motifs is 2. The van der Waals surface area contributed by atoms with E-state index in [4.69, 9.17) is 0 Å². The summed E-state index contributed by atoms with van der Waals surface area (Å²) >= 11 is 0. The number of nitrogens with one attached hydrogen (secondary N) is 1. The second-order valence-corrected chi connectivity index (χ2v) is 7.55. The Labute approximate surface area is 147 Å². The molecule has 2 atom stereocenters. The molecular formula is C18H18F3NO4. The third-order valence-corrected chi connectivity index (χ3v) is 6.27. The van der Waals surface area contributed by atoms with E-state index in [9.17, 15) is 27.6 Å². The Morgan fingerprint density at radius 3 is 2.08 bits per heavy atom. The Balaban J connectivity index is 1.85. The van der Waals surface area contributed by atoms with Gasteiger partial charge >= 0.3 is 6.36 Å². The van der Waals surface area contributed by atoms with Crippen LogP contribution >= 0.6 is 0 Å². The van der Waals surface area contributed by atoms with E-state index in [1.165, 1.54) is 12.1 Å². The number of rotatable bonds is 3. The van der Waals surface area contributed by atoms with E-state index in [2.05, 4.69) is 10.1 Å². The molecule has 2 unspecified atom stereocenters. The molecule has 26 heavy (non-hydrogen) atoms. The van der Waals surface area contributed by atoms with Gasteiger partial charge in [0, 0.05) is 11.1 Å². The van der Waals surface area contributed by atoms with Crippen molar-refractivity contribution in [3.05, 3.63) is 24.3 Å². The molecule has 1 aromatic rings. The monoisotopic (exact) mass is 369 g/mol. The van der Waals surface area contributed by atoms with Gasteiger partial charge in [-0.15, -0.1) is 13.2 Å². The minimum Gasteiger partial charge on any atom is -0.406 e. The number of alkyl halides is 3. The molecule has 2 aliphatic carbocycles. The molecule has 2 aliphatic rings. The van der Waals surface area contributed by atoms with Crippen molar-refractivity contribution in [1.82, 2.24) is 0 Å². The van der Waals surface area contributed by atoms with E-state index in [0.29, 0.717) is 6.42 Å². The van der Waals surface area contributed by atoms with Crippen molar-refractivity contribution in [2.75, 3.05) is 5.32 Å². The van der Waals surface area contributed by atoms with Gasteiger partial charge in [0.1, 0.15) is 11.2 Å². The van der Waals surface area contributed by atoms with Gasteiger partial charge in [-0.1, -0.05) is 20.8 Å². The van der Waals surface area contributed by atoms with Crippen LogP contribution in [0.1, 0.15) is 33.6 Å². The molecule has 0 radical (unpaired) electrons. The molecule has 1 amide bonds. The maximum Gasteiger partial charge on any atom is 0.573 e. The largest absolute Gasteiger partial charge is 0.573 e. The van der Waals surface area contributed by atoms with E-state index >= 15 is 0 Å². The lowest BCUT2D eigenvalue weighted by molar-refractivity contribution is -0.274. The third kappa shape index (κ3) is 2.27. The van der Waals surface area contributed by atoms with Crippen molar-refractivity contribution in [2.24, 2.45) is 16.2 Å². The van der Waals surface area contributed by atoms with E-state index < -0.39 is 45.8 Å². The van der Waals surface area contributed by atoms with Crippen molar-refractivity contribution in [3.63, 3.8) is 0 Å². The minimum absolute atomic E-state index is 0.218. The highest BCUT2D eigenvalue weighted by atomic mass is 19.4. The summed E-state index contributed by atoms with van der Waals surface area (Å²) in [7, 11) is 0. The van der Waals surface area contributed by atoms with Crippen LogP contribution in [0.25, 0.3) is 0 Å². The lowest BCUT2D eigenvalue weighted by Crippen LogP contribution is -2.47. The molecular weight excluding hydrogens is 351 g/mol. The SMILES string of the molecule is CC12CCC(C(=O)Nc3ccc(OC(F)(F)F)cc3)(C(=O)C1=O)C2(C)C. The zero-order valence-electron chi connectivity index (χ0n) is 14.5. The Morgan fingerprint density at radius 1 is 1.04 bits per heavy atom. The van der Waals surface area contributed by atoms with E-state index in [1.807, 2.05) is 0 Å². The van der Waals surface area contributed by atoms with Crippen molar-refractivity contribution < 1.29 is 32.3 Å². The lowest BCUT2D eigenvalue weighted by atomic mass is 9.64. The first kappa shape index (κ1) is 18.4. The number of carbonyl (C=O) groups is 3. The first-order valence-corrected chi connectivity index (χ1v) is 8.12. The second-order valence-electron chi connectivity index (χ2n) is 7.55. The van der Waals surface area contributed by atoms with Crippen LogP contribution in [0.2, 0.25) is 0 Å². The van der Waals surface area contributed by atoms with Gasteiger partial charge in [0.2, 0.25) is 17.5 Å². The molecule has 0 aromatic heterocycles. The van der Waals surface area contributed by atoms with Gasteiger partial charge in [0.25, 0.3) is 0 Å². The number of Topliss-reactive ketones (excluding diaryl/α,β-unsaturated/α-hetero) is 2. The topological polar surface area (TPSA) is 72.5 Å². The lowest BCUT2D eigenvalue weighted by Gasteiger charge is -2.37. The molecule has 2 fully saturated rings. The first-order valence-electron chi connectivity index (χ1n) is 8.12. The zero-order chi connectivity index (χ0) is 19.5. The molecule has 5 nitrogen and oxygen atoms in total. The third-order valence-electron chi connectivity index (χ3n) is 6.27. The highest BCUT2D eigenvalue weighted by molar-refractivity contribution is 6.49. The van der Waals surface area contributed by atoms with Crippen LogP contribution in [-0.4, -0.2) is 23.8 Å². The summed E-state index contributed by atoms with van der Waals surface area (Å²) in [4.78, 5) is 37.9. The normalized spacial score (nSPS) is 29.8. The van der Waals surface area contributed by atoms with Gasteiger partial charge in [-0.2, -0.15) is 0 Å². The number of benzene rings is 1. The summed E-state index contributed by atoms with van der Waals surface area (Å²) in [5.41, 5.74) is -2.97. The number of carbonyl (C=O) groups excluding carboxylic acids is 3. The Hall–Kier alpha value is -2.38. The van der Waals surface area contributed by atoms with Crippen molar-refractivity contribution in [2.45, 2.75) is 40.0 Å². The predicted octanol–water partition coefficient (Wildman–Crippen LogP) is 3.49. The molecule has 1 N–H and O–H groups in total. The fourth-order valence-electron chi connectivity index (χ4n) is 4.25. The van der Waals surface area contributed by atoms with Crippen LogP contribution in [0, 0.1) is 16.2 Å². The molecule has 0 heterocycles. The van der Waals surface area contributed by atoms with Crippen molar-refractivity contribution >= 4 is 23.2 Å². The summed E-state index contributed by atoms with van der Waals surface area (Å²) in [6.45, 7) is 5.18. The highest BCUT2D eigenvalue weighted by Crippen LogP contribution is 2.69. The van der Waals surface area contributed by atoms with Gasteiger partial charge in [0.15, 0.2) is 0 Å². The number of ketones is 2. The molecule has 0 spiro atoms. The molecule has 3 rings (SSSR count). The molecule has 140 valence electrons. The molecule has 2 bridgehead atoms. The smallest absolute Gasteiger partial charge is 0.406 e. The van der Waals surface area contributed by atoms with Crippen molar-refractivity contribution in [3.8, 4) is 5.75 Å². The number of amides is 1. The van der Waals surface area contributed by atoms with Crippen LogP contribution in [0.5, 0.6) is 5.75 Å². The zero-order valence-corrected chi connectivity index (χ0v) is 14.5. The summed E-state index contributed by atoms with van der Waals surface area (Å²) in [5, 5.41) is 2.57.